The Morgan fingerprint density at radius 1 is 1.47 bits per heavy atom. The van der Waals surface area contributed by atoms with E-state index in [0.717, 1.165) is 0 Å². The number of aliphatic hydroxyl groups excluding tert-OH is 2. The predicted molar refractivity (Wildman–Crippen MR) is 67.5 cm³/mol. The van der Waals surface area contributed by atoms with Gasteiger partial charge in [0.1, 0.15) is 6.10 Å². The lowest BCUT2D eigenvalue weighted by Gasteiger charge is -2.18. The van der Waals surface area contributed by atoms with Crippen LogP contribution in [0.5, 0.6) is 0 Å². The first-order chi connectivity index (χ1) is 7.99. The topological polar surface area (TPSA) is 83.6 Å². The summed E-state index contributed by atoms with van der Waals surface area (Å²) >= 11 is 8.94. The molecule has 5 nitrogen and oxygen atoms in total. The number of hydrogen-bond donors (Lipinski definition) is 2. The summed E-state index contributed by atoms with van der Waals surface area (Å²) in [5.74, 6) is 0. The standard InChI is InChI=1S/C10H11BrClNO4/c11-5-4-8(14)10(15)9-6(12)2-1-3-7(9)13(16)17/h1-3,8,10,14-15H,4-5H2. The SMILES string of the molecule is O=[N+]([O-])c1cccc(Cl)c1C(O)C(O)CCBr. The maximum atomic E-state index is 10.8. The lowest BCUT2D eigenvalue weighted by atomic mass is 10.0. The third-order valence-electron chi connectivity index (χ3n) is 2.29. The van der Waals surface area contributed by atoms with Gasteiger partial charge in [-0.05, 0) is 12.5 Å². The Kier molecular flexibility index (Phi) is 5.32. The molecule has 0 aliphatic heterocycles. The van der Waals surface area contributed by atoms with Crippen molar-refractivity contribution in [3.8, 4) is 0 Å². The molecule has 0 heterocycles. The van der Waals surface area contributed by atoms with Crippen LogP contribution in [-0.4, -0.2) is 26.6 Å². The summed E-state index contributed by atoms with van der Waals surface area (Å²) in [6.45, 7) is 0. The maximum absolute atomic E-state index is 10.8. The van der Waals surface area contributed by atoms with E-state index in [4.69, 9.17) is 11.6 Å². The van der Waals surface area contributed by atoms with Crippen molar-refractivity contribution in [3.63, 3.8) is 0 Å². The van der Waals surface area contributed by atoms with Crippen molar-refractivity contribution < 1.29 is 15.1 Å². The van der Waals surface area contributed by atoms with E-state index in [2.05, 4.69) is 15.9 Å². The molecule has 0 aromatic heterocycles. The molecule has 17 heavy (non-hydrogen) atoms. The molecule has 1 aromatic rings. The molecule has 2 N–H and O–H groups in total. The van der Waals surface area contributed by atoms with Gasteiger partial charge >= 0.3 is 0 Å². The highest BCUT2D eigenvalue weighted by Crippen LogP contribution is 2.34. The summed E-state index contributed by atoms with van der Waals surface area (Å²) in [7, 11) is 0. The lowest BCUT2D eigenvalue weighted by molar-refractivity contribution is -0.386. The van der Waals surface area contributed by atoms with Crippen LogP contribution in [0.15, 0.2) is 18.2 Å². The Morgan fingerprint density at radius 3 is 2.65 bits per heavy atom. The molecule has 0 spiro atoms. The molecule has 0 fully saturated rings. The highest BCUT2D eigenvalue weighted by atomic mass is 79.9. The van der Waals surface area contributed by atoms with E-state index in [-0.39, 0.29) is 22.7 Å². The molecule has 94 valence electrons. The van der Waals surface area contributed by atoms with E-state index in [9.17, 15) is 20.3 Å². The second-order valence-electron chi connectivity index (χ2n) is 3.42. The number of benzene rings is 1. The molecule has 0 aliphatic carbocycles. The minimum Gasteiger partial charge on any atom is -0.390 e. The summed E-state index contributed by atoms with van der Waals surface area (Å²) in [5, 5.41) is 30.9. The first kappa shape index (κ1) is 14.4. The minimum atomic E-state index is -1.37. The molecule has 0 saturated carbocycles. The minimum absolute atomic E-state index is 0.0485. The molecular formula is C10H11BrClNO4. The fourth-order valence-electron chi connectivity index (χ4n) is 1.44. The number of alkyl halides is 1. The van der Waals surface area contributed by atoms with Gasteiger partial charge < -0.3 is 10.2 Å². The second kappa shape index (κ2) is 6.30. The van der Waals surface area contributed by atoms with Crippen molar-refractivity contribution in [2.75, 3.05) is 5.33 Å². The van der Waals surface area contributed by atoms with Crippen molar-refractivity contribution in [2.24, 2.45) is 0 Å². The van der Waals surface area contributed by atoms with Gasteiger partial charge in [0, 0.05) is 11.4 Å². The Labute approximate surface area is 111 Å². The van der Waals surface area contributed by atoms with E-state index in [1.807, 2.05) is 0 Å². The number of nitro benzene ring substituents is 1. The Balaban J connectivity index is 3.15. The highest BCUT2D eigenvalue weighted by Gasteiger charge is 2.28. The molecule has 0 saturated heterocycles. The highest BCUT2D eigenvalue weighted by molar-refractivity contribution is 9.09. The van der Waals surface area contributed by atoms with E-state index in [1.165, 1.54) is 18.2 Å². The van der Waals surface area contributed by atoms with Crippen molar-refractivity contribution in [3.05, 3.63) is 38.9 Å². The van der Waals surface area contributed by atoms with Gasteiger partial charge in [-0.25, -0.2) is 0 Å². The normalized spacial score (nSPS) is 14.4. The number of nitro groups is 1. The van der Waals surface area contributed by atoms with Crippen LogP contribution in [-0.2, 0) is 0 Å². The molecule has 0 aliphatic rings. The van der Waals surface area contributed by atoms with Crippen LogP contribution < -0.4 is 0 Å². The Morgan fingerprint density at radius 2 is 2.12 bits per heavy atom. The summed E-state index contributed by atoms with van der Waals surface area (Å²) in [5.41, 5.74) is -0.341. The number of halogens is 2. The van der Waals surface area contributed by atoms with Crippen LogP contribution >= 0.6 is 27.5 Å². The van der Waals surface area contributed by atoms with Crippen LogP contribution in [0.3, 0.4) is 0 Å². The van der Waals surface area contributed by atoms with Crippen LogP contribution in [0.4, 0.5) is 5.69 Å². The Hall–Kier alpha value is -0.690. The van der Waals surface area contributed by atoms with Crippen molar-refractivity contribution in [1.29, 1.82) is 0 Å². The monoisotopic (exact) mass is 323 g/mol. The molecule has 7 heteroatoms. The molecule has 0 radical (unpaired) electrons. The zero-order chi connectivity index (χ0) is 13.0. The fourth-order valence-corrected chi connectivity index (χ4v) is 2.19. The van der Waals surface area contributed by atoms with E-state index in [1.54, 1.807) is 0 Å². The van der Waals surface area contributed by atoms with E-state index < -0.39 is 17.1 Å². The zero-order valence-corrected chi connectivity index (χ0v) is 11.1. The smallest absolute Gasteiger partial charge is 0.276 e. The summed E-state index contributed by atoms with van der Waals surface area (Å²) < 4.78 is 0. The van der Waals surface area contributed by atoms with Gasteiger partial charge in [0.2, 0.25) is 0 Å². The van der Waals surface area contributed by atoms with Gasteiger partial charge in [-0.1, -0.05) is 33.6 Å². The maximum Gasteiger partial charge on any atom is 0.276 e. The van der Waals surface area contributed by atoms with Gasteiger partial charge in [0.15, 0.2) is 0 Å². The average molecular weight is 325 g/mol. The molecule has 1 rings (SSSR count). The van der Waals surface area contributed by atoms with Crippen LogP contribution in [0.25, 0.3) is 0 Å². The number of rotatable bonds is 5. The first-order valence-corrected chi connectivity index (χ1v) is 6.34. The molecule has 2 unspecified atom stereocenters. The third-order valence-corrected chi connectivity index (χ3v) is 3.08. The van der Waals surface area contributed by atoms with E-state index >= 15 is 0 Å². The van der Waals surface area contributed by atoms with Crippen molar-refractivity contribution in [2.45, 2.75) is 18.6 Å². The number of hydrogen-bond acceptors (Lipinski definition) is 4. The summed E-state index contributed by atoms with van der Waals surface area (Å²) in [4.78, 5) is 10.2. The van der Waals surface area contributed by atoms with Gasteiger partial charge in [-0.3, -0.25) is 10.1 Å². The molecule has 2 atom stereocenters. The summed E-state index contributed by atoms with van der Waals surface area (Å²) in [6.07, 6.45) is -2.21. The largest absolute Gasteiger partial charge is 0.390 e. The van der Waals surface area contributed by atoms with Crippen LogP contribution in [0.2, 0.25) is 5.02 Å². The predicted octanol–water partition coefficient (Wildman–Crippen LogP) is 2.43. The average Bonchev–Trinajstić information content (AvgIpc) is 2.28. The van der Waals surface area contributed by atoms with E-state index in [0.29, 0.717) is 5.33 Å². The third kappa shape index (κ3) is 3.38. The van der Waals surface area contributed by atoms with Gasteiger partial charge in [0.25, 0.3) is 5.69 Å². The van der Waals surface area contributed by atoms with Crippen molar-refractivity contribution >= 4 is 33.2 Å². The van der Waals surface area contributed by atoms with Crippen molar-refractivity contribution in [1.82, 2.24) is 0 Å². The van der Waals surface area contributed by atoms with Crippen LogP contribution in [0, 0.1) is 10.1 Å². The lowest BCUT2D eigenvalue weighted by Crippen LogP contribution is -2.20. The van der Waals surface area contributed by atoms with Gasteiger partial charge in [-0.15, -0.1) is 0 Å². The Bertz CT molecular complexity index is 415. The molecular weight excluding hydrogens is 313 g/mol. The van der Waals surface area contributed by atoms with Gasteiger partial charge in [0.05, 0.1) is 21.6 Å². The zero-order valence-electron chi connectivity index (χ0n) is 8.72. The molecule has 0 amide bonds. The molecule has 0 bridgehead atoms. The number of aliphatic hydroxyl groups is 2. The van der Waals surface area contributed by atoms with Crippen LogP contribution in [0.1, 0.15) is 18.1 Å². The quantitative estimate of drug-likeness (QED) is 0.495. The number of nitrogens with zero attached hydrogens (tertiary/aromatic N) is 1. The van der Waals surface area contributed by atoms with Gasteiger partial charge in [-0.2, -0.15) is 0 Å². The molecule has 1 aromatic carbocycles. The summed E-state index contributed by atoms with van der Waals surface area (Å²) in [6, 6.07) is 4.10. The second-order valence-corrected chi connectivity index (χ2v) is 4.62. The fraction of sp³-hybridized carbons (Fsp3) is 0.400. The first-order valence-electron chi connectivity index (χ1n) is 4.84.